The van der Waals surface area contributed by atoms with Crippen LogP contribution in [0.5, 0.6) is 11.5 Å². The van der Waals surface area contributed by atoms with Gasteiger partial charge in [-0.15, -0.1) is 0 Å². The van der Waals surface area contributed by atoms with Crippen molar-refractivity contribution in [3.05, 3.63) is 59.4 Å². The van der Waals surface area contributed by atoms with E-state index < -0.39 is 0 Å². The van der Waals surface area contributed by atoms with Gasteiger partial charge in [0, 0.05) is 11.6 Å². The Hall–Kier alpha value is -3.15. The minimum atomic E-state index is -0.366. The fourth-order valence-electron chi connectivity index (χ4n) is 2.53. The molecule has 6 heteroatoms. The van der Waals surface area contributed by atoms with Crippen LogP contribution >= 0.6 is 0 Å². The summed E-state index contributed by atoms with van der Waals surface area (Å²) in [6, 6.07) is 11.0. The number of methoxy groups -OCH3 is 2. The van der Waals surface area contributed by atoms with Gasteiger partial charge in [0.05, 0.1) is 31.2 Å². The summed E-state index contributed by atoms with van der Waals surface area (Å²) in [5.74, 6) is 0.611. The fourth-order valence-corrected chi connectivity index (χ4v) is 2.53. The molecule has 128 valence electrons. The summed E-state index contributed by atoms with van der Waals surface area (Å²) in [5.41, 5.74) is 2.28. The third-order valence-corrected chi connectivity index (χ3v) is 3.87. The number of carbonyl (C=O) groups excluding carboxylic acids is 1. The van der Waals surface area contributed by atoms with Crippen LogP contribution in [0.3, 0.4) is 0 Å². The third-order valence-electron chi connectivity index (χ3n) is 3.87. The highest BCUT2D eigenvalue weighted by molar-refractivity contribution is 6.32. The van der Waals surface area contributed by atoms with Crippen molar-refractivity contribution in [2.45, 2.75) is 6.92 Å². The van der Waals surface area contributed by atoms with E-state index in [1.165, 1.54) is 29.3 Å². The van der Waals surface area contributed by atoms with Crippen LogP contribution in [0.2, 0.25) is 0 Å². The number of rotatable bonds is 4. The molecule has 2 aromatic carbocycles. The van der Waals surface area contributed by atoms with E-state index in [0.717, 1.165) is 5.56 Å². The molecule has 1 aliphatic rings. The lowest BCUT2D eigenvalue weighted by molar-refractivity contribution is -0.114. The SMILES string of the molecule is COc1ccc(C=C2C(=O)N(c3ccc(F)cc3)N=C2C)c(OC)c1. The third kappa shape index (κ3) is 3.24. The summed E-state index contributed by atoms with van der Waals surface area (Å²) in [6.07, 6.45) is 1.73. The average Bonchev–Trinajstić information content (AvgIpc) is 2.91. The molecule has 0 spiro atoms. The van der Waals surface area contributed by atoms with Gasteiger partial charge < -0.3 is 9.47 Å². The lowest BCUT2D eigenvalue weighted by Gasteiger charge is -2.11. The van der Waals surface area contributed by atoms with E-state index in [4.69, 9.17) is 9.47 Å². The fraction of sp³-hybridized carbons (Fsp3) is 0.158. The second kappa shape index (κ2) is 6.76. The molecule has 0 N–H and O–H groups in total. The van der Waals surface area contributed by atoms with E-state index in [0.29, 0.717) is 28.5 Å². The minimum absolute atomic E-state index is 0.276. The van der Waals surface area contributed by atoms with Crippen LogP contribution in [0.4, 0.5) is 10.1 Å². The van der Waals surface area contributed by atoms with Gasteiger partial charge in [-0.1, -0.05) is 0 Å². The van der Waals surface area contributed by atoms with Crippen LogP contribution in [0, 0.1) is 5.82 Å². The number of hydrogen-bond acceptors (Lipinski definition) is 4. The number of hydrogen-bond donors (Lipinski definition) is 0. The first-order valence-electron chi connectivity index (χ1n) is 7.63. The molecule has 1 amide bonds. The van der Waals surface area contributed by atoms with Crippen LogP contribution < -0.4 is 14.5 Å². The van der Waals surface area contributed by atoms with E-state index in [1.807, 2.05) is 6.07 Å². The zero-order chi connectivity index (χ0) is 18.0. The molecule has 0 aliphatic carbocycles. The van der Waals surface area contributed by atoms with Crippen molar-refractivity contribution in [1.29, 1.82) is 0 Å². The molecule has 0 radical (unpaired) electrons. The van der Waals surface area contributed by atoms with Gasteiger partial charge in [-0.2, -0.15) is 10.1 Å². The summed E-state index contributed by atoms with van der Waals surface area (Å²) in [7, 11) is 3.13. The first-order valence-corrected chi connectivity index (χ1v) is 7.63. The second-order valence-corrected chi connectivity index (χ2v) is 5.44. The Labute approximate surface area is 145 Å². The van der Waals surface area contributed by atoms with Crippen LogP contribution in [0.1, 0.15) is 12.5 Å². The van der Waals surface area contributed by atoms with Crippen molar-refractivity contribution in [3.63, 3.8) is 0 Å². The smallest absolute Gasteiger partial charge is 0.280 e. The number of hydrazone groups is 1. The van der Waals surface area contributed by atoms with Gasteiger partial charge in [-0.05, 0) is 49.4 Å². The standard InChI is InChI=1S/C19H17FN2O3/c1-12-17(10-13-4-9-16(24-2)11-18(13)25-3)19(23)22(21-12)15-7-5-14(20)6-8-15/h4-11H,1-3H3. The number of anilines is 1. The van der Waals surface area contributed by atoms with Gasteiger partial charge in [-0.3, -0.25) is 4.79 Å². The maximum absolute atomic E-state index is 13.1. The van der Waals surface area contributed by atoms with Crippen molar-refractivity contribution in [2.75, 3.05) is 19.2 Å². The number of nitrogens with zero attached hydrogens (tertiary/aromatic N) is 2. The molecule has 0 saturated heterocycles. The van der Waals surface area contributed by atoms with E-state index in [2.05, 4.69) is 5.10 Å². The number of halogens is 1. The summed E-state index contributed by atoms with van der Waals surface area (Å²) in [6.45, 7) is 1.75. The number of benzene rings is 2. The Kier molecular flexibility index (Phi) is 4.52. The van der Waals surface area contributed by atoms with Crippen LogP contribution in [-0.4, -0.2) is 25.8 Å². The predicted octanol–water partition coefficient (Wildman–Crippen LogP) is 3.65. The van der Waals surface area contributed by atoms with Crippen LogP contribution in [0.25, 0.3) is 6.08 Å². The highest BCUT2D eigenvalue weighted by Gasteiger charge is 2.29. The zero-order valence-electron chi connectivity index (χ0n) is 14.1. The molecular formula is C19H17FN2O3. The van der Waals surface area contributed by atoms with Gasteiger partial charge in [0.25, 0.3) is 5.91 Å². The van der Waals surface area contributed by atoms with Gasteiger partial charge in [0.2, 0.25) is 0 Å². The zero-order valence-corrected chi connectivity index (χ0v) is 14.1. The highest BCUT2D eigenvalue weighted by Crippen LogP contribution is 2.30. The number of ether oxygens (including phenoxy) is 2. The maximum Gasteiger partial charge on any atom is 0.280 e. The number of carbonyl (C=O) groups is 1. The van der Waals surface area contributed by atoms with Crippen molar-refractivity contribution >= 4 is 23.4 Å². The molecule has 0 unspecified atom stereocenters. The van der Waals surface area contributed by atoms with Crippen molar-refractivity contribution in [1.82, 2.24) is 0 Å². The largest absolute Gasteiger partial charge is 0.497 e. The molecule has 1 heterocycles. The van der Waals surface area contributed by atoms with Crippen molar-refractivity contribution in [2.24, 2.45) is 5.10 Å². The Morgan fingerprint density at radius 1 is 1.08 bits per heavy atom. The maximum atomic E-state index is 13.1. The first-order chi connectivity index (χ1) is 12.0. The summed E-state index contributed by atoms with van der Waals surface area (Å²) in [4.78, 5) is 12.7. The Morgan fingerprint density at radius 3 is 2.44 bits per heavy atom. The van der Waals surface area contributed by atoms with Crippen LogP contribution in [-0.2, 0) is 4.79 Å². The lowest BCUT2D eigenvalue weighted by atomic mass is 10.1. The van der Waals surface area contributed by atoms with Gasteiger partial charge in [-0.25, -0.2) is 4.39 Å². The monoisotopic (exact) mass is 340 g/mol. The Balaban J connectivity index is 1.96. The topological polar surface area (TPSA) is 51.1 Å². The molecule has 5 nitrogen and oxygen atoms in total. The summed E-state index contributed by atoms with van der Waals surface area (Å²) >= 11 is 0. The Bertz CT molecular complexity index is 873. The molecule has 0 aromatic heterocycles. The van der Waals surface area contributed by atoms with E-state index in [-0.39, 0.29) is 11.7 Å². The lowest BCUT2D eigenvalue weighted by Crippen LogP contribution is -2.21. The highest BCUT2D eigenvalue weighted by atomic mass is 19.1. The average molecular weight is 340 g/mol. The quantitative estimate of drug-likeness (QED) is 0.798. The van der Waals surface area contributed by atoms with Gasteiger partial charge in [0.1, 0.15) is 17.3 Å². The molecule has 0 fully saturated rings. The molecule has 3 rings (SSSR count). The summed E-state index contributed by atoms with van der Waals surface area (Å²) in [5, 5.41) is 5.54. The molecule has 0 saturated carbocycles. The molecule has 0 bridgehead atoms. The van der Waals surface area contributed by atoms with Crippen molar-refractivity contribution < 1.29 is 18.7 Å². The molecule has 25 heavy (non-hydrogen) atoms. The van der Waals surface area contributed by atoms with Crippen LogP contribution in [0.15, 0.2) is 53.1 Å². The molecule has 0 atom stereocenters. The van der Waals surface area contributed by atoms with Gasteiger partial charge in [0.15, 0.2) is 0 Å². The normalized spacial score (nSPS) is 15.5. The van der Waals surface area contributed by atoms with E-state index in [1.54, 1.807) is 39.4 Å². The van der Waals surface area contributed by atoms with Crippen molar-refractivity contribution in [3.8, 4) is 11.5 Å². The minimum Gasteiger partial charge on any atom is -0.497 e. The Morgan fingerprint density at radius 2 is 1.80 bits per heavy atom. The first kappa shape index (κ1) is 16.7. The molecule has 1 aliphatic heterocycles. The van der Waals surface area contributed by atoms with Gasteiger partial charge >= 0.3 is 0 Å². The molecular weight excluding hydrogens is 323 g/mol. The van der Waals surface area contributed by atoms with E-state index >= 15 is 0 Å². The summed E-state index contributed by atoms with van der Waals surface area (Å²) < 4.78 is 23.6. The second-order valence-electron chi connectivity index (χ2n) is 5.44. The predicted molar refractivity (Wildman–Crippen MR) is 94.5 cm³/mol. The molecule has 2 aromatic rings. The van der Waals surface area contributed by atoms with E-state index in [9.17, 15) is 9.18 Å². The number of amides is 1.